The van der Waals surface area contributed by atoms with E-state index in [1.807, 2.05) is 35.2 Å². The highest BCUT2D eigenvalue weighted by molar-refractivity contribution is 6.11. The molecule has 0 unspecified atom stereocenters. The minimum Gasteiger partial charge on any atom is -0.481 e. The first-order valence-electron chi connectivity index (χ1n) is 8.70. The van der Waals surface area contributed by atoms with E-state index in [1.165, 1.54) is 0 Å². The van der Waals surface area contributed by atoms with Gasteiger partial charge < -0.3 is 15.4 Å². The summed E-state index contributed by atoms with van der Waals surface area (Å²) in [5, 5.41) is 0.790. The lowest BCUT2D eigenvalue weighted by molar-refractivity contribution is 0.0767. The molecule has 0 atom stereocenters. The van der Waals surface area contributed by atoms with Gasteiger partial charge in [0.25, 0.3) is 5.91 Å². The summed E-state index contributed by atoms with van der Waals surface area (Å²) in [6.07, 6.45) is 3.83. The van der Waals surface area contributed by atoms with E-state index >= 15 is 0 Å². The number of para-hydroxylation sites is 1. The fourth-order valence-electron chi connectivity index (χ4n) is 3.75. The summed E-state index contributed by atoms with van der Waals surface area (Å²) in [7, 11) is 1.60. The van der Waals surface area contributed by atoms with Crippen LogP contribution in [0.3, 0.4) is 0 Å². The number of carbonyl (C=O) groups is 1. The van der Waals surface area contributed by atoms with Gasteiger partial charge in [0.05, 0.1) is 36.1 Å². The van der Waals surface area contributed by atoms with Crippen molar-refractivity contribution in [3.8, 4) is 17.0 Å². The maximum atomic E-state index is 12.8. The number of carbonyl (C=O) groups excluding carboxylic acids is 1. The van der Waals surface area contributed by atoms with Crippen molar-refractivity contribution in [1.29, 1.82) is 0 Å². The Bertz CT molecular complexity index is 1060. The zero-order chi connectivity index (χ0) is 17.8. The van der Waals surface area contributed by atoms with Gasteiger partial charge >= 0.3 is 0 Å². The van der Waals surface area contributed by atoms with E-state index in [-0.39, 0.29) is 5.91 Å². The van der Waals surface area contributed by atoms with E-state index in [4.69, 9.17) is 15.5 Å². The predicted octanol–water partition coefficient (Wildman–Crippen LogP) is 3.01. The van der Waals surface area contributed by atoms with E-state index in [0.29, 0.717) is 29.7 Å². The van der Waals surface area contributed by atoms with Gasteiger partial charge in [-0.2, -0.15) is 0 Å². The topological polar surface area (TPSA) is 81.3 Å². The molecule has 1 amide bonds. The van der Waals surface area contributed by atoms with E-state index in [9.17, 15) is 4.79 Å². The number of nitrogens with zero attached hydrogens (tertiary/aromatic N) is 3. The fourth-order valence-corrected chi connectivity index (χ4v) is 3.75. The van der Waals surface area contributed by atoms with Gasteiger partial charge in [0, 0.05) is 28.8 Å². The molecular formula is C20H18N4O2. The van der Waals surface area contributed by atoms with E-state index in [1.54, 1.807) is 13.3 Å². The Balaban J connectivity index is 1.75. The number of hydrogen-bond acceptors (Lipinski definition) is 5. The van der Waals surface area contributed by atoms with Gasteiger partial charge in [-0.15, -0.1) is 0 Å². The van der Waals surface area contributed by atoms with Crippen LogP contribution in [0.4, 0.5) is 5.69 Å². The van der Waals surface area contributed by atoms with Crippen LogP contribution in [0.5, 0.6) is 5.88 Å². The summed E-state index contributed by atoms with van der Waals surface area (Å²) < 4.78 is 5.41. The highest BCUT2D eigenvalue weighted by Crippen LogP contribution is 2.41. The standard InChI is InChI=1S/C20H18N4O2/c1-26-19-13(6-3-9-22-19)12-4-2-5-14-17(21)16-15(23-18(12)14)10-24(20(16)25)11-7-8-11/h2-6,9,11H,7-8,10H2,1H3,(H2,21,23). The summed E-state index contributed by atoms with van der Waals surface area (Å²) in [6, 6.07) is 9.98. The minimum atomic E-state index is 0.0127. The molecule has 3 heterocycles. The molecule has 6 nitrogen and oxygen atoms in total. The lowest BCUT2D eigenvalue weighted by Gasteiger charge is -2.13. The number of hydrogen-bond donors (Lipinski definition) is 1. The Labute approximate surface area is 150 Å². The molecule has 0 saturated heterocycles. The van der Waals surface area contributed by atoms with Gasteiger partial charge in [-0.1, -0.05) is 18.2 Å². The molecule has 1 aromatic carbocycles. The summed E-state index contributed by atoms with van der Waals surface area (Å²) in [5.41, 5.74) is 10.8. The number of aromatic nitrogens is 2. The monoisotopic (exact) mass is 346 g/mol. The summed E-state index contributed by atoms with van der Waals surface area (Å²) >= 11 is 0. The molecule has 6 heteroatoms. The molecule has 26 heavy (non-hydrogen) atoms. The van der Waals surface area contributed by atoms with Crippen LogP contribution in [-0.2, 0) is 6.54 Å². The van der Waals surface area contributed by atoms with Crippen molar-refractivity contribution in [3.63, 3.8) is 0 Å². The molecule has 1 aliphatic carbocycles. The molecule has 0 bridgehead atoms. The van der Waals surface area contributed by atoms with Gasteiger partial charge in [0.2, 0.25) is 5.88 Å². The number of pyridine rings is 2. The van der Waals surface area contributed by atoms with Gasteiger partial charge in [0.1, 0.15) is 0 Å². The molecule has 3 aromatic rings. The van der Waals surface area contributed by atoms with Crippen molar-refractivity contribution < 1.29 is 9.53 Å². The van der Waals surface area contributed by atoms with Gasteiger partial charge in [0.15, 0.2) is 0 Å². The Morgan fingerprint density at radius 1 is 1.19 bits per heavy atom. The highest BCUT2D eigenvalue weighted by atomic mass is 16.5. The van der Waals surface area contributed by atoms with E-state index in [2.05, 4.69) is 4.98 Å². The first kappa shape index (κ1) is 15.1. The van der Waals surface area contributed by atoms with Gasteiger partial charge in [-0.25, -0.2) is 9.97 Å². The largest absolute Gasteiger partial charge is 0.481 e. The number of benzene rings is 1. The van der Waals surface area contributed by atoms with Crippen LogP contribution in [0.1, 0.15) is 28.9 Å². The lowest BCUT2D eigenvalue weighted by Crippen LogP contribution is -2.26. The van der Waals surface area contributed by atoms with E-state index in [0.717, 1.165) is 40.6 Å². The Morgan fingerprint density at radius 2 is 2.00 bits per heavy atom. The van der Waals surface area contributed by atoms with Crippen LogP contribution in [-0.4, -0.2) is 33.9 Å². The lowest BCUT2D eigenvalue weighted by atomic mass is 10.00. The molecule has 0 spiro atoms. The molecule has 0 radical (unpaired) electrons. The number of anilines is 1. The number of amides is 1. The quantitative estimate of drug-likeness (QED) is 0.788. The maximum absolute atomic E-state index is 12.8. The number of nitrogens with two attached hydrogens (primary N) is 1. The van der Waals surface area contributed by atoms with Crippen LogP contribution in [0.15, 0.2) is 36.5 Å². The summed E-state index contributed by atoms with van der Waals surface area (Å²) in [6.45, 7) is 0.539. The molecule has 2 aliphatic rings. The summed E-state index contributed by atoms with van der Waals surface area (Å²) in [4.78, 5) is 23.8. The second-order valence-electron chi connectivity index (χ2n) is 6.77. The third-order valence-corrected chi connectivity index (χ3v) is 5.17. The Hall–Kier alpha value is -3.15. The molecular weight excluding hydrogens is 328 g/mol. The third-order valence-electron chi connectivity index (χ3n) is 5.17. The molecule has 2 aromatic heterocycles. The Morgan fingerprint density at radius 3 is 2.77 bits per heavy atom. The molecule has 5 rings (SSSR count). The number of methoxy groups -OCH3 is 1. The predicted molar refractivity (Wildman–Crippen MR) is 98.8 cm³/mol. The van der Waals surface area contributed by atoms with Crippen molar-refractivity contribution in [2.24, 2.45) is 0 Å². The van der Waals surface area contributed by atoms with Crippen LogP contribution in [0.25, 0.3) is 22.0 Å². The van der Waals surface area contributed by atoms with Crippen LogP contribution in [0, 0.1) is 0 Å². The second-order valence-corrected chi connectivity index (χ2v) is 6.77. The maximum Gasteiger partial charge on any atom is 0.258 e. The van der Waals surface area contributed by atoms with Crippen molar-refractivity contribution in [2.45, 2.75) is 25.4 Å². The molecule has 1 fully saturated rings. The van der Waals surface area contributed by atoms with E-state index < -0.39 is 0 Å². The van der Waals surface area contributed by atoms with Crippen LogP contribution >= 0.6 is 0 Å². The smallest absolute Gasteiger partial charge is 0.258 e. The average Bonchev–Trinajstić information content (AvgIpc) is 3.45. The zero-order valence-electron chi connectivity index (χ0n) is 14.4. The summed E-state index contributed by atoms with van der Waals surface area (Å²) in [5.74, 6) is 0.551. The number of nitrogen functional groups attached to an aromatic ring is 1. The molecule has 1 aliphatic heterocycles. The van der Waals surface area contributed by atoms with Crippen LogP contribution < -0.4 is 10.5 Å². The van der Waals surface area contributed by atoms with Crippen molar-refractivity contribution in [2.75, 3.05) is 12.8 Å². The van der Waals surface area contributed by atoms with Crippen LogP contribution in [0.2, 0.25) is 0 Å². The average molecular weight is 346 g/mol. The Kier molecular flexibility index (Phi) is 3.16. The third kappa shape index (κ3) is 2.08. The fraction of sp³-hybridized carbons (Fsp3) is 0.250. The van der Waals surface area contributed by atoms with Crippen molar-refractivity contribution >= 4 is 22.5 Å². The normalized spacial score (nSPS) is 16.2. The zero-order valence-corrected chi connectivity index (χ0v) is 14.4. The first-order valence-corrected chi connectivity index (χ1v) is 8.70. The second kappa shape index (κ2) is 5.42. The van der Waals surface area contributed by atoms with Gasteiger partial charge in [-0.3, -0.25) is 4.79 Å². The highest BCUT2D eigenvalue weighted by Gasteiger charge is 2.40. The van der Waals surface area contributed by atoms with Crippen molar-refractivity contribution in [3.05, 3.63) is 47.8 Å². The molecule has 130 valence electrons. The van der Waals surface area contributed by atoms with Gasteiger partial charge in [-0.05, 0) is 25.0 Å². The van der Waals surface area contributed by atoms with Crippen molar-refractivity contribution in [1.82, 2.24) is 14.9 Å². The minimum absolute atomic E-state index is 0.0127. The SMILES string of the molecule is COc1ncccc1-c1cccc2c(N)c3c(nc12)CN(C1CC1)C3=O. The number of rotatable bonds is 3. The first-order chi connectivity index (χ1) is 12.7. The molecule has 2 N–H and O–H groups in total. The number of fused-ring (bicyclic) bond motifs is 2. The molecule has 1 saturated carbocycles. The number of ether oxygens (including phenoxy) is 1.